The van der Waals surface area contributed by atoms with Gasteiger partial charge in [0.1, 0.15) is 6.61 Å². The van der Waals surface area contributed by atoms with Gasteiger partial charge in [-0.3, -0.25) is 4.79 Å². The predicted molar refractivity (Wildman–Crippen MR) is 71.3 cm³/mol. The highest BCUT2D eigenvalue weighted by molar-refractivity contribution is 5.92. The standard InChI is InChI=1S/C13H17N3O3/c14-9-5-8(6-10(15)7-9)13(18)19-4-3-12(17)16-11-1-2-11/h5-7,11H,1-4,14-15H2,(H,16,17). The summed E-state index contributed by atoms with van der Waals surface area (Å²) >= 11 is 0. The van der Waals surface area contributed by atoms with E-state index in [9.17, 15) is 9.59 Å². The van der Waals surface area contributed by atoms with Crippen molar-refractivity contribution in [1.82, 2.24) is 5.32 Å². The molecule has 0 saturated heterocycles. The Labute approximate surface area is 111 Å². The van der Waals surface area contributed by atoms with E-state index < -0.39 is 5.97 Å². The summed E-state index contributed by atoms with van der Waals surface area (Å²) in [7, 11) is 0. The molecule has 0 aromatic heterocycles. The van der Waals surface area contributed by atoms with Gasteiger partial charge in [-0.15, -0.1) is 0 Å². The van der Waals surface area contributed by atoms with Crippen molar-refractivity contribution in [1.29, 1.82) is 0 Å². The Morgan fingerprint density at radius 3 is 2.42 bits per heavy atom. The highest BCUT2D eigenvalue weighted by Crippen LogP contribution is 2.18. The van der Waals surface area contributed by atoms with Crippen LogP contribution in [0, 0.1) is 0 Å². The van der Waals surface area contributed by atoms with Gasteiger partial charge in [-0.2, -0.15) is 0 Å². The molecule has 1 aliphatic rings. The van der Waals surface area contributed by atoms with Gasteiger partial charge >= 0.3 is 5.97 Å². The zero-order valence-electron chi connectivity index (χ0n) is 10.5. The second kappa shape index (κ2) is 5.60. The molecule has 2 rings (SSSR count). The van der Waals surface area contributed by atoms with Gasteiger partial charge in [-0.25, -0.2) is 4.79 Å². The SMILES string of the molecule is Nc1cc(N)cc(C(=O)OCCC(=O)NC2CC2)c1. The first kappa shape index (κ1) is 13.2. The fourth-order valence-corrected chi connectivity index (χ4v) is 1.64. The molecule has 0 aliphatic heterocycles. The zero-order valence-corrected chi connectivity index (χ0v) is 10.5. The molecular weight excluding hydrogens is 246 g/mol. The summed E-state index contributed by atoms with van der Waals surface area (Å²) in [6.07, 6.45) is 2.24. The first-order chi connectivity index (χ1) is 9.04. The molecule has 0 radical (unpaired) electrons. The maximum Gasteiger partial charge on any atom is 0.338 e. The Bertz CT molecular complexity index is 478. The number of nitrogen functional groups attached to an aromatic ring is 2. The van der Waals surface area contributed by atoms with Crippen LogP contribution >= 0.6 is 0 Å². The Kier molecular flexibility index (Phi) is 3.89. The van der Waals surface area contributed by atoms with Crippen molar-refractivity contribution >= 4 is 23.3 Å². The lowest BCUT2D eigenvalue weighted by molar-refractivity contribution is -0.121. The fourth-order valence-electron chi connectivity index (χ4n) is 1.64. The second-order valence-electron chi connectivity index (χ2n) is 4.62. The molecule has 1 aromatic rings. The molecule has 0 unspecified atom stereocenters. The number of hydrogen-bond acceptors (Lipinski definition) is 5. The first-order valence-corrected chi connectivity index (χ1v) is 6.17. The zero-order chi connectivity index (χ0) is 13.8. The van der Waals surface area contributed by atoms with Gasteiger partial charge in [-0.05, 0) is 31.0 Å². The fraction of sp³-hybridized carbons (Fsp3) is 0.385. The van der Waals surface area contributed by atoms with Crippen molar-refractivity contribution in [2.45, 2.75) is 25.3 Å². The van der Waals surface area contributed by atoms with E-state index in [-0.39, 0.29) is 18.9 Å². The molecule has 1 amide bonds. The molecule has 0 spiro atoms. The van der Waals surface area contributed by atoms with Crippen LogP contribution in [0.2, 0.25) is 0 Å². The highest BCUT2D eigenvalue weighted by Gasteiger charge is 2.23. The van der Waals surface area contributed by atoms with E-state index in [1.807, 2.05) is 0 Å². The predicted octanol–water partition coefficient (Wildman–Crippen LogP) is 0.676. The summed E-state index contributed by atoms with van der Waals surface area (Å²) in [5, 5.41) is 2.82. The number of esters is 1. The van der Waals surface area contributed by atoms with E-state index >= 15 is 0 Å². The summed E-state index contributed by atoms with van der Waals surface area (Å²) in [5.41, 5.74) is 12.3. The molecule has 6 nitrogen and oxygen atoms in total. The van der Waals surface area contributed by atoms with Gasteiger partial charge in [-0.1, -0.05) is 0 Å². The van der Waals surface area contributed by atoms with Crippen LogP contribution in [0.3, 0.4) is 0 Å². The quantitative estimate of drug-likeness (QED) is 0.534. The summed E-state index contributed by atoms with van der Waals surface area (Å²) in [6, 6.07) is 4.85. The van der Waals surface area contributed by atoms with E-state index in [1.54, 1.807) is 6.07 Å². The summed E-state index contributed by atoms with van der Waals surface area (Å²) in [4.78, 5) is 23.1. The number of anilines is 2. The van der Waals surface area contributed by atoms with Crippen molar-refractivity contribution in [3.63, 3.8) is 0 Å². The molecule has 0 atom stereocenters. The summed E-state index contributed by atoms with van der Waals surface area (Å²) < 4.78 is 5.00. The van der Waals surface area contributed by atoms with E-state index in [1.165, 1.54) is 12.1 Å². The average Bonchev–Trinajstić information content (AvgIpc) is 3.11. The van der Waals surface area contributed by atoms with E-state index in [4.69, 9.17) is 16.2 Å². The minimum Gasteiger partial charge on any atom is -0.462 e. The number of carbonyl (C=O) groups is 2. The maximum absolute atomic E-state index is 11.7. The van der Waals surface area contributed by atoms with Crippen LogP contribution in [-0.2, 0) is 9.53 Å². The third kappa shape index (κ3) is 4.17. The number of benzene rings is 1. The second-order valence-corrected chi connectivity index (χ2v) is 4.62. The molecule has 1 aliphatic carbocycles. The molecule has 1 fully saturated rings. The number of amides is 1. The third-order valence-electron chi connectivity index (χ3n) is 2.72. The Morgan fingerprint density at radius 2 is 1.84 bits per heavy atom. The molecule has 102 valence electrons. The largest absolute Gasteiger partial charge is 0.462 e. The molecule has 1 saturated carbocycles. The van der Waals surface area contributed by atoms with Crippen molar-refractivity contribution < 1.29 is 14.3 Å². The molecule has 5 N–H and O–H groups in total. The van der Waals surface area contributed by atoms with Crippen molar-refractivity contribution in [2.24, 2.45) is 0 Å². The van der Waals surface area contributed by atoms with E-state index in [2.05, 4.69) is 5.32 Å². The van der Waals surface area contributed by atoms with Crippen LogP contribution in [0.1, 0.15) is 29.6 Å². The summed E-state index contributed by atoms with van der Waals surface area (Å²) in [6.45, 7) is 0.0477. The number of carbonyl (C=O) groups excluding carboxylic acids is 2. The van der Waals surface area contributed by atoms with Crippen molar-refractivity contribution in [3.8, 4) is 0 Å². The van der Waals surface area contributed by atoms with Gasteiger partial charge < -0.3 is 21.5 Å². The van der Waals surface area contributed by atoms with Crippen LogP contribution in [0.5, 0.6) is 0 Å². The Morgan fingerprint density at radius 1 is 1.21 bits per heavy atom. The van der Waals surface area contributed by atoms with Crippen LogP contribution < -0.4 is 16.8 Å². The summed E-state index contributed by atoms with van der Waals surface area (Å²) in [5.74, 6) is -0.624. The van der Waals surface area contributed by atoms with Crippen LogP contribution in [0.15, 0.2) is 18.2 Å². The van der Waals surface area contributed by atoms with Gasteiger partial charge in [0.05, 0.1) is 12.0 Å². The molecule has 1 aromatic carbocycles. The lowest BCUT2D eigenvalue weighted by Gasteiger charge is -2.07. The van der Waals surface area contributed by atoms with Gasteiger partial charge in [0.15, 0.2) is 0 Å². The van der Waals surface area contributed by atoms with Crippen LogP contribution in [-0.4, -0.2) is 24.5 Å². The molecule has 0 bridgehead atoms. The molecule has 0 heterocycles. The highest BCUT2D eigenvalue weighted by atomic mass is 16.5. The monoisotopic (exact) mass is 263 g/mol. The van der Waals surface area contributed by atoms with Gasteiger partial charge in [0.2, 0.25) is 5.91 Å². The number of hydrogen-bond donors (Lipinski definition) is 3. The number of nitrogens with one attached hydrogen (secondary N) is 1. The average molecular weight is 263 g/mol. The lowest BCUT2D eigenvalue weighted by Crippen LogP contribution is -2.26. The van der Waals surface area contributed by atoms with E-state index in [0.717, 1.165) is 12.8 Å². The number of ether oxygens (including phenoxy) is 1. The molecule has 19 heavy (non-hydrogen) atoms. The van der Waals surface area contributed by atoms with Crippen LogP contribution in [0.4, 0.5) is 11.4 Å². The topological polar surface area (TPSA) is 107 Å². The van der Waals surface area contributed by atoms with Gasteiger partial charge in [0, 0.05) is 17.4 Å². The maximum atomic E-state index is 11.7. The van der Waals surface area contributed by atoms with Crippen molar-refractivity contribution in [3.05, 3.63) is 23.8 Å². The minimum absolute atomic E-state index is 0.0477. The smallest absolute Gasteiger partial charge is 0.338 e. The number of nitrogens with two attached hydrogens (primary N) is 2. The third-order valence-corrected chi connectivity index (χ3v) is 2.72. The minimum atomic E-state index is -0.529. The van der Waals surface area contributed by atoms with E-state index in [0.29, 0.717) is 23.0 Å². The lowest BCUT2D eigenvalue weighted by atomic mass is 10.2. The Hall–Kier alpha value is -2.24. The Balaban J connectivity index is 1.78. The number of rotatable bonds is 5. The molecular formula is C13H17N3O3. The van der Waals surface area contributed by atoms with Crippen LogP contribution in [0.25, 0.3) is 0 Å². The molecule has 6 heteroatoms. The normalized spacial score (nSPS) is 13.9. The first-order valence-electron chi connectivity index (χ1n) is 6.17. The van der Waals surface area contributed by atoms with Crippen molar-refractivity contribution in [2.75, 3.05) is 18.1 Å². The van der Waals surface area contributed by atoms with Gasteiger partial charge in [0.25, 0.3) is 0 Å².